The van der Waals surface area contributed by atoms with Gasteiger partial charge in [0.2, 0.25) is 17.7 Å². The fourth-order valence-electron chi connectivity index (χ4n) is 11.3. The van der Waals surface area contributed by atoms with E-state index in [9.17, 15) is 16.8 Å². The molecule has 0 fully saturated rings. The van der Waals surface area contributed by atoms with Crippen LogP contribution in [0.4, 0.5) is 0 Å². The Morgan fingerprint density at radius 1 is 0.381 bits per heavy atom. The van der Waals surface area contributed by atoms with Gasteiger partial charge >= 0.3 is 52.2 Å². The first-order valence-electron chi connectivity index (χ1n) is 35.5. The van der Waals surface area contributed by atoms with Crippen molar-refractivity contribution in [3.8, 4) is 9.75 Å². The summed E-state index contributed by atoms with van der Waals surface area (Å²) in [6, 6.07) is 59.5. The third-order valence-electron chi connectivity index (χ3n) is 18.0. The molecule has 30 heteroatoms. The second-order valence-electron chi connectivity index (χ2n) is 32.5. The molecule has 113 heavy (non-hydrogen) atoms. The van der Waals surface area contributed by atoms with Gasteiger partial charge in [0.15, 0.2) is 0 Å². The molecule has 4 nitrogen and oxygen atoms in total. The number of benzene rings is 8. The van der Waals surface area contributed by atoms with E-state index >= 15 is 0 Å². The van der Waals surface area contributed by atoms with Crippen LogP contribution in [0.2, 0.25) is 118 Å². The molecular formula is C83H97Br6Cl2CuLiO4S10Si6. The van der Waals surface area contributed by atoms with Gasteiger partial charge in [0.05, 0.1) is 95.0 Å². The molecule has 0 amide bonds. The van der Waals surface area contributed by atoms with Gasteiger partial charge in [0, 0.05) is 92.3 Å². The van der Waals surface area contributed by atoms with Gasteiger partial charge in [0.25, 0.3) is 0 Å². The molecule has 0 radical (unpaired) electrons. The Morgan fingerprint density at radius 3 is 0.965 bits per heavy atom. The fourth-order valence-corrected chi connectivity index (χ4v) is 37.7. The van der Waals surface area contributed by atoms with Crippen molar-refractivity contribution in [1.82, 2.24) is 0 Å². The number of rotatable bonds is 12. The number of thiophene rings is 7. The Bertz CT molecular complexity index is 5690. The van der Waals surface area contributed by atoms with Crippen LogP contribution in [-0.2, 0) is 30.9 Å². The van der Waals surface area contributed by atoms with Gasteiger partial charge < -0.3 is 6.92 Å². The van der Waals surface area contributed by atoms with Gasteiger partial charge in [0.1, 0.15) is 9.83 Å². The Kier molecular flexibility index (Phi) is 38.7. The van der Waals surface area contributed by atoms with E-state index in [0.29, 0.717) is 0 Å². The average molecular weight is 2270 g/mol. The molecule has 0 unspecified atom stereocenters. The van der Waals surface area contributed by atoms with Crippen LogP contribution in [0.1, 0.15) is 27.2 Å². The molecule has 0 atom stereocenters. The topological polar surface area (TPSA) is 68.3 Å². The van der Waals surface area contributed by atoms with E-state index in [1.807, 2.05) is 68.0 Å². The zero-order valence-electron chi connectivity index (χ0n) is 66.5. The quantitative estimate of drug-likeness (QED) is 0.0693. The van der Waals surface area contributed by atoms with Crippen molar-refractivity contribution < 1.29 is 48.8 Å². The van der Waals surface area contributed by atoms with E-state index in [1.165, 1.54) is 153 Å². The van der Waals surface area contributed by atoms with Gasteiger partial charge in [-0.1, -0.05) is 279 Å². The van der Waals surface area contributed by atoms with Crippen LogP contribution in [0.15, 0.2) is 208 Å². The normalized spacial score (nSPS) is 12.1. The number of hydrogen-bond acceptors (Lipinski definition) is 12. The Morgan fingerprint density at radius 2 is 0.655 bits per heavy atom. The van der Waals surface area contributed by atoms with E-state index < -0.39 is 66.2 Å². The zero-order valence-corrected chi connectivity index (χ0v) is 92.6. The average Bonchev–Trinajstić information content (AvgIpc) is 1.57. The number of unbranched alkanes of at least 4 members (excludes halogenated alkanes) is 1. The van der Waals surface area contributed by atoms with Gasteiger partial charge in [-0.15, -0.1) is 79.4 Å². The summed E-state index contributed by atoms with van der Waals surface area (Å²) < 4.78 is 67.4. The summed E-state index contributed by atoms with van der Waals surface area (Å²) >= 11 is 34.7. The predicted molar refractivity (Wildman–Crippen MR) is 556 cm³/mol. The van der Waals surface area contributed by atoms with Crippen molar-refractivity contribution in [3.05, 3.63) is 205 Å². The van der Waals surface area contributed by atoms with Crippen molar-refractivity contribution in [3.63, 3.8) is 0 Å². The molecule has 0 aliphatic heterocycles. The SMILES string of the molecule is BrBr.C.C[Si](C)(C)c1ccc2c(Br)c(-c3sc4cc([Si](C)(C)C)ccc4c3Br)sc2c1.C[Si](C)(C)c1ccc2c(Br)c(Br)sc2c1.C[Si](C)(C)c1ccc2c(c1)sc1c2sc2c3ccc([Si](C)(C)C)cc3sc21.C[Si](C)(C)c1ccc2ccsc2c1.O=S(=O)(SS(=O)(=O)c1ccccc1)c1ccccc1.[CH2-]CCC.[Cl][Cu][Cl].[Li+]. The predicted octanol–water partition coefficient (Wildman–Crippen LogP) is 29.2. The monoisotopic (exact) mass is 2260 g/mol. The second-order valence-corrected chi connectivity index (χ2v) is 82.6. The molecule has 15 rings (SSSR count). The molecule has 0 spiro atoms. The van der Waals surface area contributed by atoms with E-state index in [2.05, 4.69) is 365 Å². The van der Waals surface area contributed by atoms with Gasteiger partial charge in [-0.05, 0) is 141 Å². The first-order chi connectivity index (χ1) is 51.8. The molecule has 0 saturated heterocycles. The van der Waals surface area contributed by atoms with Crippen LogP contribution in [0.5, 0.6) is 0 Å². The molecule has 0 aliphatic rings. The Balaban J connectivity index is 0.000000218. The standard InChI is InChI=1S/C22H24Br2S2Si2.C22H24S3Si2.C12H10O4S3.C11H12Br2SSi.C11H14SSi.C4H9.CH4.Br2.2ClH.Cu.Li/c1-27(2,3)13-7-9-15-17(11-13)25-21(19(15)23)22-20(24)16-10-8-14(28(4,5)6)12-18(16)26-22;1-26(2,3)13-7-9-15-17(11-13)23-21-19(15)25-20-16-10-8-14(27(4,5)6)12-18(16)24-22(20)21;13-18(14,11-7-3-1-4-8-11)17-19(15,16)12-9-5-2-6-10-12;1-15(2,3)7-4-5-8-9(6-7)14-11(13)10(8)12;1-13(2,3)10-5-4-9-6-7-12-11(9)8-10;1-3-4-2;;1-2;;;;/h7-12H,1-6H3;7-12H,1-6H3;1-10H;4-6H,1-3H3;4-8H,1-3H3;1,3-4H2,2H3;1H4;;2*1H;;/q;;;;;-1;;;;;+2;+1/p-2. The molecule has 0 N–H and O–H groups in total. The van der Waals surface area contributed by atoms with E-state index in [0.717, 1.165) is 19.6 Å². The van der Waals surface area contributed by atoms with E-state index in [1.54, 1.807) is 63.3 Å². The number of halogens is 8. The molecule has 8 aromatic carbocycles. The Labute approximate surface area is 785 Å². The smallest absolute Gasteiger partial charge is 1.00 e. The van der Waals surface area contributed by atoms with Crippen molar-refractivity contribution in [2.24, 2.45) is 0 Å². The van der Waals surface area contributed by atoms with Crippen molar-refractivity contribution in [2.45, 2.75) is 155 Å². The molecule has 0 bridgehead atoms. The third-order valence-corrected chi connectivity index (χ3v) is 50.7. The summed E-state index contributed by atoms with van der Waals surface area (Å²) in [5.41, 5.74) is 0. The van der Waals surface area contributed by atoms with Crippen LogP contribution in [0, 0.1) is 6.92 Å². The molecule has 0 saturated carbocycles. The maximum Gasteiger partial charge on any atom is 1.00 e. The second kappa shape index (κ2) is 43.0. The molecule has 7 heterocycles. The summed E-state index contributed by atoms with van der Waals surface area (Å²) in [5.74, 6) is 0. The zero-order chi connectivity index (χ0) is 82.3. The molecule has 0 aliphatic carbocycles. The third kappa shape index (κ3) is 26.2. The van der Waals surface area contributed by atoms with Crippen LogP contribution >= 0.6 is 201 Å². The first kappa shape index (κ1) is 102. The van der Waals surface area contributed by atoms with Crippen molar-refractivity contribution in [2.75, 3.05) is 0 Å². The van der Waals surface area contributed by atoms with Gasteiger partial charge in [-0.3, -0.25) is 0 Å². The van der Waals surface area contributed by atoms with Gasteiger partial charge in [-0.2, -0.15) is 6.42 Å². The minimum Gasteiger partial charge on any atom is 1.00 e. The summed E-state index contributed by atoms with van der Waals surface area (Å²) in [5, 5.41) is 19.7. The molecular weight excluding hydrogens is 2170 g/mol. The maximum absolute atomic E-state index is 12.0. The Hall–Kier alpha value is -0.132. The molecule has 7 aromatic heterocycles. The number of fused-ring (bicyclic) bond motifs is 11. The fraction of sp³-hybridized carbons (Fsp3) is 0.265. The van der Waals surface area contributed by atoms with Crippen LogP contribution in [0.3, 0.4) is 0 Å². The van der Waals surface area contributed by atoms with Crippen LogP contribution in [-0.4, -0.2) is 65.3 Å². The van der Waals surface area contributed by atoms with Crippen LogP contribution < -0.4 is 50.0 Å². The minimum atomic E-state index is -3.94. The molecule has 15 aromatic rings. The maximum atomic E-state index is 12.0. The summed E-state index contributed by atoms with van der Waals surface area (Å²) in [7, 11) is -6.04. The largest absolute Gasteiger partial charge is 1.00 e. The number of hydrogen-bond donors (Lipinski definition) is 0. The van der Waals surface area contributed by atoms with Gasteiger partial charge in [-0.25, -0.2) is 16.8 Å². The first-order valence-corrected chi connectivity index (χ1v) is 76.6. The minimum absolute atomic E-state index is 0. The summed E-state index contributed by atoms with van der Waals surface area (Å²) in [6.07, 6.45) is 2.28. The van der Waals surface area contributed by atoms with Crippen molar-refractivity contribution in [1.29, 1.82) is 0 Å². The van der Waals surface area contributed by atoms with Crippen LogP contribution in [0.25, 0.3) is 89.1 Å². The molecule has 605 valence electrons. The van der Waals surface area contributed by atoms with E-state index in [4.69, 9.17) is 0 Å². The summed E-state index contributed by atoms with van der Waals surface area (Å²) in [6.45, 7) is 49.1. The van der Waals surface area contributed by atoms with E-state index in [-0.39, 0.29) is 45.9 Å². The van der Waals surface area contributed by atoms with Crippen molar-refractivity contribution >= 4 is 378 Å². The summed E-state index contributed by atoms with van der Waals surface area (Å²) in [4.78, 5) is 2.62.